The van der Waals surface area contributed by atoms with Crippen molar-refractivity contribution in [2.75, 3.05) is 13.2 Å². The van der Waals surface area contributed by atoms with E-state index in [4.69, 9.17) is 15.5 Å². The smallest absolute Gasteiger partial charge is 0.338 e. The second-order valence-corrected chi connectivity index (χ2v) is 8.60. The van der Waals surface area contributed by atoms with Crippen LogP contribution in [0.25, 0.3) is 0 Å². The molecule has 0 aliphatic carbocycles. The Balaban J connectivity index is 1.92. The average molecular weight is 493 g/mol. The van der Waals surface area contributed by atoms with Gasteiger partial charge in [-0.05, 0) is 24.6 Å². The molecule has 30 heavy (non-hydrogen) atoms. The van der Waals surface area contributed by atoms with Crippen LogP contribution in [-0.2, 0) is 14.3 Å². The summed E-state index contributed by atoms with van der Waals surface area (Å²) < 4.78 is 19.5. The highest BCUT2D eigenvalue weighted by atomic mass is 79.9. The van der Waals surface area contributed by atoms with Crippen molar-refractivity contribution in [1.29, 1.82) is 0 Å². The summed E-state index contributed by atoms with van der Waals surface area (Å²) in [6.45, 7) is 2.22. The quantitative estimate of drug-likeness (QED) is 0.646. The minimum atomic E-state index is -0.740. The van der Waals surface area contributed by atoms with Gasteiger partial charge in [-0.3, -0.25) is 9.79 Å². The number of primary amides is 1. The Morgan fingerprint density at radius 1 is 1.43 bits per heavy atom. The van der Waals surface area contributed by atoms with E-state index in [1.807, 2.05) is 10.3 Å². The maximum absolute atomic E-state index is 13.7. The minimum absolute atomic E-state index is 0.190. The van der Waals surface area contributed by atoms with Crippen LogP contribution < -0.4 is 5.73 Å². The molecule has 0 radical (unpaired) electrons. The highest BCUT2D eigenvalue weighted by Gasteiger charge is 2.43. The van der Waals surface area contributed by atoms with Crippen LogP contribution in [-0.4, -0.2) is 40.7 Å². The zero-order valence-electron chi connectivity index (χ0n) is 16.0. The number of nitrogens with zero attached hydrogens (tertiary/aromatic N) is 3. The number of aromatic nitrogens is 1. The fraction of sp³-hybridized carbons (Fsp3) is 0.300. The number of nitrogens with two attached hydrogens (primary N) is 1. The Hall–Kier alpha value is -2.59. The topological polar surface area (TPSA) is 97.9 Å². The summed E-state index contributed by atoms with van der Waals surface area (Å²) >= 11 is 4.79. The Kier molecular flexibility index (Phi) is 5.70. The third-order valence-electron chi connectivity index (χ3n) is 5.04. The molecule has 0 bridgehead atoms. The van der Waals surface area contributed by atoms with Crippen molar-refractivity contribution >= 4 is 45.0 Å². The minimum Gasteiger partial charge on any atom is -0.463 e. The lowest BCUT2D eigenvalue weighted by Gasteiger charge is -2.31. The van der Waals surface area contributed by atoms with Gasteiger partial charge in [0.2, 0.25) is 5.91 Å². The van der Waals surface area contributed by atoms with Crippen LogP contribution >= 0.6 is 27.3 Å². The molecule has 10 heteroatoms. The van der Waals surface area contributed by atoms with E-state index in [1.54, 1.807) is 19.2 Å². The molecule has 2 aliphatic heterocycles. The number of allylic oxidation sites excluding steroid dienone is 1. The van der Waals surface area contributed by atoms with E-state index in [0.29, 0.717) is 45.1 Å². The largest absolute Gasteiger partial charge is 0.463 e. The van der Waals surface area contributed by atoms with Gasteiger partial charge in [-0.1, -0.05) is 22.0 Å². The van der Waals surface area contributed by atoms with Crippen LogP contribution in [0.4, 0.5) is 4.39 Å². The molecule has 0 spiro atoms. The van der Waals surface area contributed by atoms with E-state index < -0.39 is 29.7 Å². The molecule has 7 nitrogen and oxygen atoms in total. The number of ether oxygens (including phenoxy) is 1. The summed E-state index contributed by atoms with van der Waals surface area (Å²) in [5.74, 6) is -1.29. The van der Waals surface area contributed by atoms with Crippen molar-refractivity contribution in [3.8, 4) is 0 Å². The Morgan fingerprint density at radius 2 is 2.23 bits per heavy atom. The monoisotopic (exact) mass is 492 g/mol. The van der Waals surface area contributed by atoms with Gasteiger partial charge in [0.05, 0.1) is 18.1 Å². The van der Waals surface area contributed by atoms with Crippen LogP contribution in [0.5, 0.6) is 0 Å². The molecular weight excluding hydrogens is 475 g/mol. The van der Waals surface area contributed by atoms with Gasteiger partial charge in [-0.25, -0.2) is 14.2 Å². The first kappa shape index (κ1) is 20.7. The first-order valence-electron chi connectivity index (χ1n) is 9.30. The molecule has 2 N–H and O–H groups in total. The van der Waals surface area contributed by atoms with Crippen LogP contribution in [0.3, 0.4) is 0 Å². The molecule has 2 aliphatic rings. The van der Waals surface area contributed by atoms with Crippen molar-refractivity contribution in [2.24, 2.45) is 16.6 Å². The Bertz CT molecular complexity index is 1070. The molecule has 1 saturated heterocycles. The van der Waals surface area contributed by atoms with Crippen molar-refractivity contribution < 1.29 is 18.7 Å². The van der Waals surface area contributed by atoms with E-state index in [-0.39, 0.29) is 6.61 Å². The molecule has 0 unspecified atom stereocenters. The van der Waals surface area contributed by atoms with Gasteiger partial charge in [0.15, 0.2) is 10.8 Å². The fourth-order valence-corrected chi connectivity index (χ4v) is 4.91. The number of carbonyl (C=O) groups excluding carboxylic acids is 2. The highest BCUT2D eigenvalue weighted by Crippen LogP contribution is 2.43. The number of esters is 1. The fourth-order valence-electron chi connectivity index (χ4n) is 3.70. The predicted octanol–water partition coefficient (Wildman–Crippen LogP) is 3.17. The van der Waals surface area contributed by atoms with E-state index >= 15 is 0 Å². The number of hydrogen-bond donors (Lipinski definition) is 1. The van der Waals surface area contributed by atoms with E-state index in [1.165, 1.54) is 23.5 Å². The summed E-state index contributed by atoms with van der Waals surface area (Å²) in [7, 11) is 0. The number of carbonyl (C=O) groups is 2. The van der Waals surface area contributed by atoms with Crippen molar-refractivity contribution in [2.45, 2.75) is 19.4 Å². The molecule has 4 rings (SSSR count). The number of fused-ring (bicyclic) bond motifs is 1. The summed E-state index contributed by atoms with van der Waals surface area (Å²) in [6.07, 6.45) is 1.96. The van der Waals surface area contributed by atoms with Crippen LogP contribution in [0.1, 0.15) is 30.0 Å². The lowest BCUT2D eigenvalue weighted by atomic mass is 9.94. The standard InChI is InChI=1S/C20H18BrFN4O3S/c1-2-29-20(28)15-14-7-10(17(23)27)9-26(14)18(19-24-5-6-30-19)25-16(15)12-4-3-11(22)8-13(12)21/h3-6,8,10,16H,2,7,9H2,1H3,(H2,23,27)/t10-,16-/m1/s1. The second-order valence-electron chi connectivity index (χ2n) is 6.85. The number of amides is 1. The molecule has 2 aromatic rings. The molecule has 1 aromatic heterocycles. The highest BCUT2D eigenvalue weighted by molar-refractivity contribution is 9.10. The van der Waals surface area contributed by atoms with Crippen LogP contribution in [0.15, 0.2) is 50.5 Å². The number of rotatable bonds is 5. The summed E-state index contributed by atoms with van der Waals surface area (Å²) in [4.78, 5) is 35.9. The van der Waals surface area contributed by atoms with E-state index in [9.17, 15) is 14.0 Å². The first-order chi connectivity index (χ1) is 14.4. The molecule has 156 valence electrons. The number of halogens is 2. The average Bonchev–Trinajstić information content (AvgIpc) is 3.37. The molecule has 3 heterocycles. The van der Waals surface area contributed by atoms with Crippen molar-refractivity contribution in [3.05, 3.63) is 61.9 Å². The molecule has 1 amide bonds. The van der Waals surface area contributed by atoms with Crippen molar-refractivity contribution in [3.63, 3.8) is 0 Å². The summed E-state index contributed by atoms with van der Waals surface area (Å²) in [5.41, 5.74) is 7.16. The number of aliphatic imine (C=N–C) groups is 1. The van der Waals surface area contributed by atoms with Crippen LogP contribution in [0.2, 0.25) is 0 Å². The summed E-state index contributed by atoms with van der Waals surface area (Å²) in [5, 5.41) is 2.48. The van der Waals surface area contributed by atoms with E-state index in [2.05, 4.69) is 20.9 Å². The Labute approximate surface area is 184 Å². The van der Waals surface area contributed by atoms with Gasteiger partial charge in [-0.15, -0.1) is 11.3 Å². The first-order valence-corrected chi connectivity index (χ1v) is 11.0. The number of amidine groups is 1. The van der Waals surface area contributed by atoms with Gasteiger partial charge in [0, 0.05) is 34.7 Å². The second kappa shape index (κ2) is 8.27. The van der Waals surface area contributed by atoms with Gasteiger partial charge in [0.1, 0.15) is 11.9 Å². The summed E-state index contributed by atoms with van der Waals surface area (Å²) in [6, 6.07) is 3.49. The predicted molar refractivity (Wildman–Crippen MR) is 113 cm³/mol. The lowest BCUT2D eigenvalue weighted by molar-refractivity contribution is -0.139. The SMILES string of the molecule is CCOC(=O)C1=C2C[C@@H](C(N)=O)CN2C(c2nccs2)=N[C@@H]1c1ccc(F)cc1Br. The van der Waals surface area contributed by atoms with Gasteiger partial charge >= 0.3 is 5.97 Å². The molecule has 1 fully saturated rings. The number of hydrogen-bond acceptors (Lipinski definition) is 7. The van der Waals surface area contributed by atoms with Gasteiger partial charge < -0.3 is 15.4 Å². The third kappa shape index (κ3) is 3.65. The Morgan fingerprint density at radius 3 is 2.87 bits per heavy atom. The van der Waals surface area contributed by atoms with Gasteiger partial charge in [0.25, 0.3) is 0 Å². The zero-order chi connectivity index (χ0) is 21.4. The number of thiazole rings is 1. The molecule has 1 aromatic carbocycles. The van der Waals surface area contributed by atoms with Crippen molar-refractivity contribution in [1.82, 2.24) is 9.88 Å². The molecule has 2 atom stereocenters. The maximum Gasteiger partial charge on any atom is 0.338 e. The van der Waals surface area contributed by atoms with E-state index in [0.717, 1.165) is 0 Å². The third-order valence-corrected chi connectivity index (χ3v) is 6.49. The normalized spacial score (nSPS) is 20.8. The molecule has 0 saturated carbocycles. The van der Waals surface area contributed by atoms with Gasteiger partial charge in [-0.2, -0.15) is 0 Å². The van der Waals surface area contributed by atoms with Crippen LogP contribution in [0, 0.1) is 11.7 Å². The zero-order valence-corrected chi connectivity index (χ0v) is 18.4. The maximum atomic E-state index is 13.7. The lowest BCUT2D eigenvalue weighted by Crippen LogP contribution is -2.36. The number of benzene rings is 1. The molecular formula is C20H18BrFN4O3S.